The van der Waals surface area contributed by atoms with Crippen LogP contribution < -0.4 is 10.9 Å². The van der Waals surface area contributed by atoms with Crippen LogP contribution in [0.2, 0.25) is 0 Å². The van der Waals surface area contributed by atoms with Crippen molar-refractivity contribution in [3.8, 4) is 0 Å². The number of hydrogen-bond donors (Lipinski definition) is 3. The summed E-state index contributed by atoms with van der Waals surface area (Å²) in [4.78, 5) is 38.1. The molecule has 1 aliphatic heterocycles. The lowest BCUT2D eigenvalue weighted by Gasteiger charge is -2.31. The van der Waals surface area contributed by atoms with E-state index in [4.69, 9.17) is 5.11 Å². The number of aliphatic hydroxyl groups is 1. The zero-order chi connectivity index (χ0) is 18.5. The van der Waals surface area contributed by atoms with Gasteiger partial charge in [0, 0.05) is 30.9 Å². The Morgan fingerprint density at radius 1 is 1.23 bits per heavy atom. The van der Waals surface area contributed by atoms with Gasteiger partial charge in [-0.15, -0.1) is 0 Å². The number of rotatable bonds is 5. The third kappa shape index (κ3) is 3.91. The molecule has 2 heterocycles. The number of amides is 2. The van der Waals surface area contributed by atoms with Crippen molar-refractivity contribution in [2.24, 2.45) is 5.92 Å². The minimum Gasteiger partial charge on any atom is -0.395 e. The molecule has 8 nitrogen and oxygen atoms in total. The molecule has 1 aromatic heterocycles. The topological polar surface area (TPSA) is 115 Å². The van der Waals surface area contributed by atoms with Crippen molar-refractivity contribution in [1.82, 2.24) is 20.4 Å². The zero-order valence-corrected chi connectivity index (χ0v) is 14.4. The lowest BCUT2D eigenvalue weighted by Crippen LogP contribution is -2.44. The Morgan fingerprint density at radius 2 is 1.92 bits per heavy atom. The number of hydrogen-bond acceptors (Lipinski definition) is 5. The van der Waals surface area contributed by atoms with Gasteiger partial charge in [-0.2, -0.15) is 5.10 Å². The zero-order valence-electron chi connectivity index (χ0n) is 14.4. The van der Waals surface area contributed by atoms with E-state index in [1.807, 2.05) is 6.07 Å². The van der Waals surface area contributed by atoms with Crippen LogP contribution in [0.1, 0.15) is 18.5 Å². The minimum absolute atomic E-state index is 0.0658. The fraction of sp³-hybridized carbons (Fsp3) is 0.444. The molecule has 26 heavy (non-hydrogen) atoms. The number of carbonyl (C=O) groups excluding carboxylic acids is 2. The van der Waals surface area contributed by atoms with E-state index in [9.17, 15) is 14.4 Å². The fourth-order valence-corrected chi connectivity index (χ4v) is 3.28. The Labute approximate surface area is 150 Å². The third-order valence-electron chi connectivity index (χ3n) is 4.72. The van der Waals surface area contributed by atoms with E-state index in [0.717, 1.165) is 0 Å². The van der Waals surface area contributed by atoms with Crippen LogP contribution in [0.5, 0.6) is 0 Å². The predicted molar refractivity (Wildman–Crippen MR) is 95.5 cm³/mol. The highest BCUT2D eigenvalue weighted by atomic mass is 16.3. The molecule has 138 valence electrons. The number of aliphatic hydroxyl groups excluding tert-OH is 1. The molecular formula is C18H22N4O4. The van der Waals surface area contributed by atoms with Gasteiger partial charge in [0.1, 0.15) is 0 Å². The average Bonchev–Trinajstić information content (AvgIpc) is 2.68. The summed E-state index contributed by atoms with van der Waals surface area (Å²) in [6, 6.07) is 7.09. The number of nitrogens with one attached hydrogen (secondary N) is 2. The van der Waals surface area contributed by atoms with E-state index in [1.54, 1.807) is 23.1 Å². The minimum atomic E-state index is -0.272. The SMILES string of the molecule is O=C(NCCO)C1CCN(C(=O)Cc2n[nH]c(=O)c3ccccc23)CC1. The Balaban J connectivity index is 1.63. The van der Waals surface area contributed by atoms with Crippen LogP contribution in [0.25, 0.3) is 10.8 Å². The quantitative estimate of drug-likeness (QED) is 0.685. The average molecular weight is 358 g/mol. The molecule has 3 N–H and O–H groups in total. The molecule has 2 aromatic rings. The number of aromatic amines is 1. The molecule has 1 fully saturated rings. The van der Waals surface area contributed by atoms with Crippen LogP contribution in [0.3, 0.4) is 0 Å². The van der Waals surface area contributed by atoms with E-state index < -0.39 is 0 Å². The van der Waals surface area contributed by atoms with Gasteiger partial charge in [0.05, 0.1) is 24.1 Å². The summed E-state index contributed by atoms with van der Waals surface area (Å²) in [5.74, 6) is -0.263. The van der Waals surface area contributed by atoms with Gasteiger partial charge in [0.2, 0.25) is 11.8 Å². The maximum absolute atomic E-state index is 12.6. The second kappa shape index (κ2) is 8.09. The molecule has 0 atom stereocenters. The monoisotopic (exact) mass is 358 g/mol. The molecule has 0 aliphatic carbocycles. The van der Waals surface area contributed by atoms with Crippen LogP contribution >= 0.6 is 0 Å². The maximum Gasteiger partial charge on any atom is 0.272 e. The maximum atomic E-state index is 12.6. The number of carbonyl (C=O) groups is 2. The first-order valence-corrected chi connectivity index (χ1v) is 8.73. The van der Waals surface area contributed by atoms with Crippen LogP contribution in [0.4, 0.5) is 0 Å². The predicted octanol–water partition coefficient (Wildman–Crippen LogP) is -0.187. The summed E-state index contributed by atoms with van der Waals surface area (Å²) < 4.78 is 0. The molecule has 1 aromatic carbocycles. The Kier molecular flexibility index (Phi) is 5.62. The Bertz CT molecular complexity index is 856. The normalized spacial score (nSPS) is 15.2. The number of nitrogens with zero attached hydrogens (tertiary/aromatic N) is 2. The molecule has 0 radical (unpaired) electrons. The molecule has 0 spiro atoms. The van der Waals surface area contributed by atoms with Crippen molar-refractivity contribution in [3.05, 3.63) is 40.3 Å². The van der Waals surface area contributed by atoms with Gasteiger partial charge in [-0.05, 0) is 18.9 Å². The summed E-state index contributed by atoms with van der Waals surface area (Å²) in [6.07, 6.45) is 1.31. The number of aromatic nitrogens is 2. The highest BCUT2D eigenvalue weighted by Gasteiger charge is 2.27. The lowest BCUT2D eigenvalue weighted by molar-refractivity contribution is -0.135. The van der Waals surface area contributed by atoms with Gasteiger partial charge in [-0.25, -0.2) is 5.10 Å². The molecule has 1 saturated heterocycles. The smallest absolute Gasteiger partial charge is 0.272 e. The van der Waals surface area contributed by atoms with E-state index in [-0.39, 0.29) is 42.9 Å². The molecule has 0 bridgehead atoms. The van der Waals surface area contributed by atoms with Crippen LogP contribution in [-0.4, -0.2) is 58.3 Å². The third-order valence-corrected chi connectivity index (χ3v) is 4.72. The number of benzene rings is 1. The van der Waals surface area contributed by atoms with Crippen molar-refractivity contribution < 1.29 is 14.7 Å². The first-order chi connectivity index (χ1) is 12.6. The first-order valence-electron chi connectivity index (χ1n) is 8.73. The lowest BCUT2D eigenvalue weighted by atomic mass is 9.95. The highest BCUT2D eigenvalue weighted by molar-refractivity contribution is 5.88. The Hall–Kier alpha value is -2.74. The van der Waals surface area contributed by atoms with Crippen molar-refractivity contribution in [3.63, 3.8) is 0 Å². The number of piperidine rings is 1. The van der Waals surface area contributed by atoms with Gasteiger partial charge in [0.25, 0.3) is 5.56 Å². The summed E-state index contributed by atoms with van der Waals surface area (Å²) in [6.45, 7) is 1.20. The van der Waals surface area contributed by atoms with Crippen molar-refractivity contribution in [1.29, 1.82) is 0 Å². The van der Waals surface area contributed by atoms with Crippen molar-refractivity contribution >= 4 is 22.6 Å². The number of likely N-dealkylation sites (tertiary alicyclic amines) is 1. The van der Waals surface area contributed by atoms with Gasteiger partial charge < -0.3 is 15.3 Å². The summed E-state index contributed by atoms with van der Waals surface area (Å²) in [5, 5.41) is 19.1. The molecular weight excluding hydrogens is 336 g/mol. The fourth-order valence-electron chi connectivity index (χ4n) is 3.28. The molecule has 8 heteroatoms. The summed E-state index contributed by atoms with van der Waals surface area (Å²) in [7, 11) is 0. The number of fused-ring (bicyclic) bond motifs is 1. The van der Waals surface area contributed by atoms with Gasteiger partial charge >= 0.3 is 0 Å². The standard InChI is InChI=1S/C18H22N4O4/c23-10-7-19-17(25)12-5-8-22(9-6-12)16(24)11-15-13-3-1-2-4-14(13)18(26)21-20-15/h1-4,12,23H,5-11H2,(H,19,25)(H,21,26). The molecule has 0 unspecified atom stereocenters. The highest BCUT2D eigenvalue weighted by Crippen LogP contribution is 2.19. The van der Waals surface area contributed by atoms with E-state index >= 15 is 0 Å². The van der Waals surface area contributed by atoms with Crippen molar-refractivity contribution in [2.75, 3.05) is 26.2 Å². The number of H-pyrrole nitrogens is 1. The Morgan fingerprint density at radius 3 is 2.62 bits per heavy atom. The van der Waals surface area contributed by atoms with Gasteiger partial charge in [0.15, 0.2) is 0 Å². The van der Waals surface area contributed by atoms with Crippen molar-refractivity contribution in [2.45, 2.75) is 19.3 Å². The van der Waals surface area contributed by atoms with Crippen LogP contribution in [0, 0.1) is 5.92 Å². The second-order valence-electron chi connectivity index (χ2n) is 6.39. The van der Waals surface area contributed by atoms with E-state index in [2.05, 4.69) is 15.5 Å². The van der Waals surface area contributed by atoms with Gasteiger partial charge in [-0.3, -0.25) is 14.4 Å². The summed E-state index contributed by atoms with van der Waals surface area (Å²) in [5.41, 5.74) is 0.277. The first kappa shape index (κ1) is 18.1. The molecule has 2 amide bonds. The van der Waals surface area contributed by atoms with Gasteiger partial charge in [-0.1, -0.05) is 18.2 Å². The van der Waals surface area contributed by atoms with E-state index in [1.165, 1.54) is 0 Å². The van der Waals surface area contributed by atoms with Crippen LogP contribution in [0.15, 0.2) is 29.1 Å². The summed E-state index contributed by atoms with van der Waals surface area (Å²) >= 11 is 0. The molecule has 3 rings (SSSR count). The second-order valence-corrected chi connectivity index (χ2v) is 6.39. The van der Waals surface area contributed by atoms with E-state index in [0.29, 0.717) is 42.4 Å². The molecule has 1 aliphatic rings. The largest absolute Gasteiger partial charge is 0.395 e. The van der Waals surface area contributed by atoms with Crippen LogP contribution in [-0.2, 0) is 16.0 Å². The molecule has 0 saturated carbocycles.